The maximum absolute atomic E-state index is 4.28. The third kappa shape index (κ3) is 12.4. The van der Waals surface area contributed by atoms with E-state index in [4.69, 9.17) is 0 Å². The molecule has 2 aromatic rings. The number of rotatable bonds is 19. The molecule has 0 radical (unpaired) electrons. The molecule has 0 aliphatic carbocycles. The Hall–Kier alpha value is -1.21. The van der Waals surface area contributed by atoms with E-state index in [-0.39, 0.29) is 0 Å². The van der Waals surface area contributed by atoms with Gasteiger partial charge in [0.05, 0.1) is 0 Å². The second-order valence-corrected chi connectivity index (χ2v) is 9.64. The van der Waals surface area contributed by atoms with Crippen LogP contribution in [0.2, 0.25) is 0 Å². The van der Waals surface area contributed by atoms with Crippen LogP contribution in [0.4, 0.5) is 0 Å². The quantitative estimate of drug-likeness (QED) is 0.164. The lowest BCUT2D eigenvalue weighted by Gasteiger charge is -2.18. The standard InChI is InChI=1S/C30H46S/c31-27-21-13-11-9-7-5-3-1-2-4-6-8-10-12-20-26-30(28-22-16-14-17-23-28)29-24-18-15-19-25-29/h14-19,22-25,30-31H,1-13,20-21,26-27H2. The van der Waals surface area contributed by atoms with Gasteiger partial charge in [-0.2, -0.15) is 12.6 Å². The monoisotopic (exact) mass is 438 g/mol. The van der Waals surface area contributed by atoms with E-state index in [1.165, 1.54) is 114 Å². The topological polar surface area (TPSA) is 0 Å². The molecule has 0 heterocycles. The average molecular weight is 439 g/mol. The minimum Gasteiger partial charge on any atom is -0.179 e. The van der Waals surface area contributed by atoms with Crippen molar-refractivity contribution in [3.8, 4) is 0 Å². The molecular formula is C30H46S. The van der Waals surface area contributed by atoms with Crippen molar-refractivity contribution in [3.05, 3.63) is 71.8 Å². The van der Waals surface area contributed by atoms with E-state index in [9.17, 15) is 0 Å². The molecule has 1 heteroatoms. The SMILES string of the molecule is SCCCCCCCCCCCCCCCCCC(c1ccccc1)c1ccccc1. The van der Waals surface area contributed by atoms with Gasteiger partial charge in [0.15, 0.2) is 0 Å². The Labute approximate surface area is 198 Å². The fourth-order valence-electron chi connectivity index (χ4n) is 4.65. The van der Waals surface area contributed by atoms with Crippen LogP contribution >= 0.6 is 12.6 Å². The Morgan fingerprint density at radius 1 is 0.419 bits per heavy atom. The van der Waals surface area contributed by atoms with Crippen molar-refractivity contribution in [2.45, 2.75) is 109 Å². The Balaban J connectivity index is 1.46. The molecule has 0 unspecified atom stereocenters. The zero-order valence-electron chi connectivity index (χ0n) is 19.8. The molecular weight excluding hydrogens is 392 g/mol. The normalized spacial score (nSPS) is 11.3. The van der Waals surface area contributed by atoms with Crippen molar-refractivity contribution < 1.29 is 0 Å². The van der Waals surface area contributed by atoms with Crippen LogP contribution in [0.1, 0.15) is 120 Å². The lowest BCUT2D eigenvalue weighted by molar-refractivity contribution is 0.525. The molecule has 0 N–H and O–H groups in total. The summed E-state index contributed by atoms with van der Waals surface area (Å²) in [6.45, 7) is 0. The molecule has 0 fully saturated rings. The number of hydrogen-bond acceptors (Lipinski definition) is 1. The summed E-state index contributed by atoms with van der Waals surface area (Å²) in [6.07, 6.45) is 22.5. The minimum absolute atomic E-state index is 0.547. The molecule has 0 aromatic heterocycles. The molecule has 0 saturated carbocycles. The van der Waals surface area contributed by atoms with Crippen molar-refractivity contribution >= 4 is 12.6 Å². The van der Waals surface area contributed by atoms with Gasteiger partial charge in [-0.1, -0.05) is 151 Å². The highest BCUT2D eigenvalue weighted by atomic mass is 32.1. The zero-order valence-corrected chi connectivity index (χ0v) is 20.7. The lowest BCUT2D eigenvalue weighted by Crippen LogP contribution is -2.01. The van der Waals surface area contributed by atoms with Crippen LogP contribution in [0.15, 0.2) is 60.7 Å². The van der Waals surface area contributed by atoms with Crippen molar-refractivity contribution in [1.29, 1.82) is 0 Å². The van der Waals surface area contributed by atoms with E-state index in [1.807, 2.05) is 0 Å². The summed E-state index contributed by atoms with van der Waals surface area (Å²) in [5.41, 5.74) is 2.93. The van der Waals surface area contributed by atoms with Gasteiger partial charge in [-0.05, 0) is 29.7 Å². The van der Waals surface area contributed by atoms with Crippen LogP contribution in [-0.2, 0) is 0 Å². The molecule has 0 nitrogen and oxygen atoms in total. The first kappa shape index (κ1) is 26.0. The number of benzene rings is 2. The molecule has 0 aliphatic heterocycles. The van der Waals surface area contributed by atoms with Gasteiger partial charge in [-0.25, -0.2) is 0 Å². The summed E-state index contributed by atoms with van der Waals surface area (Å²) in [5, 5.41) is 0. The molecule has 172 valence electrons. The summed E-state index contributed by atoms with van der Waals surface area (Å²) >= 11 is 4.28. The third-order valence-corrected chi connectivity index (χ3v) is 6.87. The number of thiol groups is 1. The average Bonchev–Trinajstić information content (AvgIpc) is 2.82. The fraction of sp³-hybridized carbons (Fsp3) is 0.600. The molecule has 0 saturated heterocycles. The molecule has 2 aromatic carbocycles. The van der Waals surface area contributed by atoms with Gasteiger partial charge in [-0.15, -0.1) is 0 Å². The Kier molecular flexibility index (Phi) is 15.4. The van der Waals surface area contributed by atoms with Crippen molar-refractivity contribution in [3.63, 3.8) is 0 Å². The molecule has 0 atom stereocenters. The molecule has 2 rings (SSSR count). The van der Waals surface area contributed by atoms with Gasteiger partial charge in [0, 0.05) is 5.92 Å². The summed E-state index contributed by atoms with van der Waals surface area (Å²) in [6, 6.07) is 22.1. The van der Waals surface area contributed by atoms with Gasteiger partial charge in [0.25, 0.3) is 0 Å². The van der Waals surface area contributed by atoms with E-state index < -0.39 is 0 Å². The van der Waals surface area contributed by atoms with Crippen LogP contribution in [0, 0.1) is 0 Å². The molecule has 0 aliphatic rings. The summed E-state index contributed by atoms with van der Waals surface area (Å²) in [4.78, 5) is 0. The molecule has 0 bridgehead atoms. The van der Waals surface area contributed by atoms with Gasteiger partial charge in [-0.3, -0.25) is 0 Å². The van der Waals surface area contributed by atoms with E-state index in [0.29, 0.717) is 5.92 Å². The van der Waals surface area contributed by atoms with E-state index in [1.54, 1.807) is 0 Å². The van der Waals surface area contributed by atoms with Crippen molar-refractivity contribution in [2.75, 3.05) is 5.75 Å². The minimum atomic E-state index is 0.547. The molecule has 0 spiro atoms. The van der Waals surface area contributed by atoms with Crippen LogP contribution in [0.25, 0.3) is 0 Å². The van der Waals surface area contributed by atoms with Gasteiger partial charge in [0.1, 0.15) is 0 Å². The summed E-state index contributed by atoms with van der Waals surface area (Å²) in [7, 11) is 0. The Bertz CT molecular complexity index is 582. The van der Waals surface area contributed by atoms with Gasteiger partial charge in [0.2, 0.25) is 0 Å². The second kappa shape index (κ2) is 18.4. The van der Waals surface area contributed by atoms with Gasteiger partial charge < -0.3 is 0 Å². The second-order valence-electron chi connectivity index (χ2n) is 9.19. The number of unbranched alkanes of at least 4 members (excludes halogenated alkanes) is 14. The van der Waals surface area contributed by atoms with Crippen molar-refractivity contribution in [1.82, 2.24) is 0 Å². The first-order valence-corrected chi connectivity index (χ1v) is 13.8. The highest BCUT2D eigenvalue weighted by Gasteiger charge is 2.13. The predicted octanol–water partition coefficient (Wildman–Crippen LogP) is 9.99. The van der Waals surface area contributed by atoms with Gasteiger partial charge >= 0.3 is 0 Å². The zero-order chi connectivity index (χ0) is 21.8. The maximum atomic E-state index is 4.28. The van der Waals surface area contributed by atoms with Crippen LogP contribution in [0.3, 0.4) is 0 Å². The van der Waals surface area contributed by atoms with Crippen LogP contribution in [-0.4, -0.2) is 5.75 Å². The van der Waals surface area contributed by atoms with Crippen LogP contribution in [0.5, 0.6) is 0 Å². The van der Waals surface area contributed by atoms with E-state index in [2.05, 4.69) is 73.3 Å². The Morgan fingerprint density at radius 3 is 1.10 bits per heavy atom. The highest BCUT2D eigenvalue weighted by molar-refractivity contribution is 7.80. The first-order valence-electron chi connectivity index (χ1n) is 13.1. The smallest absolute Gasteiger partial charge is 0.00893 e. The van der Waals surface area contributed by atoms with E-state index in [0.717, 1.165) is 5.75 Å². The predicted molar refractivity (Wildman–Crippen MR) is 142 cm³/mol. The molecule has 31 heavy (non-hydrogen) atoms. The Morgan fingerprint density at radius 2 is 0.742 bits per heavy atom. The number of hydrogen-bond donors (Lipinski definition) is 1. The largest absolute Gasteiger partial charge is 0.179 e. The lowest BCUT2D eigenvalue weighted by atomic mass is 9.87. The summed E-state index contributed by atoms with van der Waals surface area (Å²) in [5.74, 6) is 1.60. The highest BCUT2D eigenvalue weighted by Crippen LogP contribution is 2.30. The van der Waals surface area contributed by atoms with Crippen molar-refractivity contribution in [2.24, 2.45) is 0 Å². The summed E-state index contributed by atoms with van der Waals surface area (Å²) < 4.78 is 0. The fourth-order valence-corrected chi connectivity index (χ4v) is 4.88. The third-order valence-electron chi connectivity index (χ3n) is 6.55. The van der Waals surface area contributed by atoms with E-state index >= 15 is 0 Å². The first-order chi connectivity index (χ1) is 15.4. The molecule has 0 amide bonds. The van der Waals surface area contributed by atoms with Crippen LogP contribution < -0.4 is 0 Å². The maximum Gasteiger partial charge on any atom is 0.00893 e.